The van der Waals surface area contributed by atoms with Crippen LogP contribution in [-0.2, 0) is 22.4 Å². The highest BCUT2D eigenvalue weighted by Crippen LogP contribution is 2.48. The molecule has 2 saturated heterocycles. The van der Waals surface area contributed by atoms with Gasteiger partial charge in [-0.15, -0.1) is 0 Å². The van der Waals surface area contributed by atoms with Crippen LogP contribution in [0.15, 0.2) is 36.4 Å². The molecule has 3 aliphatic heterocycles. The highest BCUT2D eigenvalue weighted by molar-refractivity contribution is 6.20. The average Bonchev–Trinajstić information content (AvgIpc) is 3.18. The van der Waals surface area contributed by atoms with Crippen molar-refractivity contribution in [2.75, 3.05) is 32.2 Å². The van der Waals surface area contributed by atoms with Crippen molar-refractivity contribution in [2.45, 2.75) is 44.6 Å². The van der Waals surface area contributed by atoms with Crippen LogP contribution in [0.5, 0.6) is 11.5 Å². The second-order valence-corrected chi connectivity index (χ2v) is 9.93. The molecule has 1 spiro atoms. The molecule has 3 heterocycles. The van der Waals surface area contributed by atoms with Gasteiger partial charge in [-0.25, -0.2) is 4.79 Å². The van der Waals surface area contributed by atoms with Gasteiger partial charge in [-0.1, -0.05) is 18.9 Å². The van der Waals surface area contributed by atoms with Crippen molar-refractivity contribution >= 4 is 29.2 Å². The Balaban J connectivity index is 1.51. The van der Waals surface area contributed by atoms with E-state index in [2.05, 4.69) is 10.2 Å². The number of hydrogen-bond donors (Lipinski definition) is 1. The summed E-state index contributed by atoms with van der Waals surface area (Å²) < 4.78 is 10.6. The smallest absolute Gasteiger partial charge is 0.330 e. The summed E-state index contributed by atoms with van der Waals surface area (Å²) in [5.41, 5.74) is 0.544. The average molecular weight is 523 g/mol. The second-order valence-electron chi connectivity index (χ2n) is 9.93. The predicted octanol–water partition coefficient (Wildman–Crippen LogP) is 3.22. The Morgan fingerprint density at radius 2 is 1.84 bits per heavy atom. The molecule has 5 rings (SSSR count). The molecule has 0 saturated carbocycles. The van der Waals surface area contributed by atoms with Crippen LogP contribution in [0.3, 0.4) is 0 Å². The minimum absolute atomic E-state index is 0.00398. The molecule has 2 aromatic carbocycles. The summed E-state index contributed by atoms with van der Waals surface area (Å²) in [6, 6.07) is 8.78. The fourth-order valence-electron chi connectivity index (χ4n) is 6.07. The number of carbonyl (C=O) groups is 3. The summed E-state index contributed by atoms with van der Waals surface area (Å²) in [5, 5.41) is 13.9. The van der Waals surface area contributed by atoms with Crippen LogP contribution in [0.1, 0.15) is 36.8 Å². The van der Waals surface area contributed by atoms with E-state index in [1.54, 1.807) is 25.3 Å². The number of nitrogens with one attached hydrogen (secondary N) is 1. The molecule has 2 atom stereocenters. The molecule has 0 aromatic heterocycles. The van der Waals surface area contributed by atoms with Gasteiger partial charge in [-0.2, -0.15) is 0 Å². The lowest BCUT2D eigenvalue weighted by atomic mass is 9.67. The molecule has 200 valence electrons. The van der Waals surface area contributed by atoms with Crippen molar-refractivity contribution in [1.29, 1.82) is 0 Å². The van der Waals surface area contributed by atoms with E-state index < -0.39 is 34.2 Å². The fraction of sp³-hybridized carbons (Fsp3) is 0.444. The van der Waals surface area contributed by atoms with E-state index in [0.717, 1.165) is 35.4 Å². The number of barbiturate groups is 1. The number of imide groups is 2. The van der Waals surface area contributed by atoms with Gasteiger partial charge in [0.1, 0.15) is 0 Å². The van der Waals surface area contributed by atoms with Gasteiger partial charge < -0.3 is 14.4 Å². The lowest BCUT2D eigenvalue weighted by molar-refractivity contribution is -0.384. The quantitative estimate of drug-likeness (QED) is 0.348. The minimum atomic E-state index is -1.56. The van der Waals surface area contributed by atoms with E-state index in [0.29, 0.717) is 36.4 Å². The van der Waals surface area contributed by atoms with Crippen LogP contribution in [0.4, 0.5) is 16.2 Å². The number of ether oxygens (including phenoxy) is 2. The SMILES string of the molecule is COc1ccc(CCN2C(=O)NC(=O)[C@]3(Cc4cc([N+](=O)[O-])ccc4N4CCCCC[C@H]43)C2=O)cc1OC. The molecule has 3 aliphatic rings. The number of methoxy groups -OCH3 is 2. The molecule has 11 heteroatoms. The van der Waals surface area contributed by atoms with Gasteiger partial charge in [0.25, 0.3) is 5.69 Å². The molecular formula is C27H30N4O7. The van der Waals surface area contributed by atoms with Gasteiger partial charge in [-0.05, 0) is 48.6 Å². The first-order chi connectivity index (χ1) is 18.3. The van der Waals surface area contributed by atoms with Crippen LogP contribution < -0.4 is 19.7 Å². The standard InChI is InChI=1S/C27H30N4O7/c1-37-21-10-7-17(14-22(21)38-2)11-13-30-25(33)27(24(32)28-26(30)34)16-18-15-19(31(35)36)8-9-20(18)29-12-5-3-4-6-23(27)29/h7-10,14-15,23H,3-6,11-13,16H2,1-2H3,(H,28,32,34)/t23-,27+/m0/s1. The van der Waals surface area contributed by atoms with Crippen LogP contribution in [0, 0.1) is 15.5 Å². The van der Waals surface area contributed by atoms with E-state index in [9.17, 15) is 24.5 Å². The van der Waals surface area contributed by atoms with Crippen molar-refractivity contribution in [3.63, 3.8) is 0 Å². The van der Waals surface area contributed by atoms with Gasteiger partial charge in [0.05, 0.1) is 25.2 Å². The summed E-state index contributed by atoms with van der Waals surface area (Å²) in [5.74, 6) is -0.0913. The Hall–Kier alpha value is -4.15. The van der Waals surface area contributed by atoms with Crippen molar-refractivity contribution in [3.05, 3.63) is 57.6 Å². The van der Waals surface area contributed by atoms with E-state index >= 15 is 0 Å². The minimum Gasteiger partial charge on any atom is -0.493 e. The summed E-state index contributed by atoms with van der Waals surface area (Å²) in [7, 11) is 3.07. The van der Waals surface area contributed by atoms with E-state index in [1.807, 2.05) is 6.07 Å². The van der Waals surface area contributed by atoms with Gasteiger partial charge >= 0.3 is 6.03 Å². The fourth-order valence-corrected chi connectivity index (χ4v) is 6.07. The van der Waals surface area contributed by atoms with Crippen LogP contribution >= 0.6 is 0 Å². The van der Waals surface area contributed by atoms with E-state index in [4.69, 9.17) is 9.47 Å². The maximum Gasteiger partial charge on any atom is 0.330 e. The summed E-state index contributed by atoms with van der Waals surface area (Å²) in [6.07, 6.45) is 3.61. The molecule has 0 unspecified atom stereocenters. The Morgan fingerprint density at radius 3 is 2.58 bits per heavy atom. The largest absolute Gasteiger partial charge is 0.493 e. The second kappa shape index (κ2) is 9.96. The molecule has 1 N–H and O–H groups in total. The number of carbonyl (C=O) groups excluding carboxylic acids is 3. The maximum absolute atomic E-state index is 14.2. The number of anilines is 1. The number of nitrogens with zero attached hydrogens (tertiary/aromatic N) is 3. The lowest BCUT2D eigenvalue weighted by Crippen LogP contribution is -2.72. The predicted molar refractivity (Wildman–Crippen MR) is 137 cm³/mol. The Morgan fingerprint density at radius 1 is 1.05 bits per heavy atom. The van der Waals surface area contributed by atoms with Crippen LogP contribution in [-0.4, -0.2) is 61.0 Å². The monoisotopic (exact) mass is 522 g/mol. The van der Waals surface area contributed by atoms with Gasteiger partial charge in [0, 0.05) is 37.3 Å². The number of amides is 4. The normalized spacial score (nSPS) is 22.9. The molecule has 11 nitrogen and oxygen atoms in total. The van der Waals surface area contributed by atoms with Gasteiger partial charge in [-0.3, -0.25) is 29.9 Å². The third-order valence-corrected chi connectivity index (χ3v) is 7.94. The van der Waals surface area contributed by atoms with Crippen molar-refractivity contribution in [3.8, 4) is 11.5 Å². The molecule has 0 aliphatic carbocycles. The van der Waals surface area contributed by atoms with Crippen LogP contribution in [0.2, 0.25) is 0 Å². The van der Waals surface area contributed by atoms with E-state index in [1.165, 1.54) is 19.2 Å². The number of nitro groups is 1. The highest BCUT2D eigenvalue weighted by atomic mass is 16.6. The first-order valence-corrected chi connectivity index (χ1v) is 12.7. The van der Waals surface area contributed by atoms with Crippen molar-refractivity contribution < 1.29 is 28.8 Å². The van der Waals surface area contributed by atoms with Crippen molar-refractivity contribution in [2.24, 2.45) is 5.41 Å². The zero-order valence-electron chi connectivity index (χ0n) is 21.4. The molecule has 2 aromatic rings. The zero-order valence-corrected chi connectivity index (χ0v) is 21.4. The molecule has 38 heavy (non-hydrogen) atoms. The van der Waals surface area contributed by atoms with Gasteiger partial charge in [0.15, 0.2) is 16.9 Å². The first-order valence-electron chi connectivity index (χ1n) is 12.7. The Kier molecular flexibility index (Phi) is 6.68. The molecule has 2 fully saturated rings. The Labute approximate surface area is 219 Å². The Bertz CT molecular complexity index is 1310. The first kappa shape index (κ1) is 25.5. The van der Waals surface area contributed by atoms with Crippen molar-refractivity contribution in [1.82, 2.24) is 10.2 Å². The topological polar surface area (TPSA) is 131 Å². The molecular weight excluding hydrogens is 492 g/mol. The van der Waals surface area contributed by atoms with Gasteiger partial charge in [0.2, 0.25) is 11.8 Å². The summed E-state index contributed by atoms with van der Waals surface area (Å²) in [4.78, 5) is 54.9. The summed E-state index contributed by atoms with van der Waals surface area (Å²) in [6.45, 7) is 0.682. The highest BCUT2D eigenvalue weighted by Gasteiger charge is 2.61. The number of fused-ring (bicyclic) bond motifs is 4. The third-order valence-electron chi connectivity index (χ3n) is 7.94. The zero-order chi connectivity index (χ0) is 27.0. The summed E-state index contributed by atoms with van der Waals surface area (Å²) >= 11 is 0. The molecule has 0 radical (unpaired) electrons. The maximum atomic E-state index is 14.2. The lowest BCUT2D eigenvalue weighted by Gasteiger charge is -2.51. The number of rotatable bonds is 6. The number of hydrogen-bond acceptors (Lipinski definition) is 8. The molecule has 0 bridgehead atoms. The number of urea groups is 1. The van der Waals surface area contributed by atoms with E-state index in [-0.39, 0.29) is 18.7 Å². The third kappa shape index (κ3) is 4.11. The number of benzene rings is 2. The number of nitro benzene ring substituents is 1. The molecule has 4 amide bonds. The number of non-ortho nitro benzene ring substituents is 1. The van der Waals surface area contributed by atoms with Crippen LogP contribution in [0.25, 0.3) is 0 Å².